The Kier molecular flexibility index (Phi) is 18.2. The lowest BCUT2D eigenvalue weighted by molar-refractivity contribution is -0.121. The van der Waals surface area contributed by atoms with Crippen molar-refractivity contribution >= 4 is 13.7 Å². The lowest BCUT2D eigenvalue weighted by Crippen LogP contribution is -2.24. The Morgan fingerprint density at radius 1 is 0.889 bits per heavy atom. The lowest BCUT2D eigenvalue weighted by Gasteiger charge is -2.06. The Morgan fingerprint density at radius 2 is 1.48 bits per heavy atom. The van der Waals surface area contributed by atoms with E-state index in [1.54, 1.807) is 0 Å². The summed E-state index contributed by atoms with van der Waals surface area (Å²) < 4.78 is 14.8. The summed E-state index contributed by atoms with van der Waals surface area (Å²) in [7, 11) is -4.36. The first-order valence-corrected chi connectivity index (χ1v) is 12.1. The van der Waals surface area contributed by atoms with Gasteiger partial charge in [0.05, 0.1) is 6.61 Å². The summed E-state index contributed by atoms with van der Waals surface area (Å²) in [6.45, 7) is 2.77. The zero-order valence-electron chi connectivity index (χ0n) is 17.0. The van der Waals surface area contributed by atoms with E-state index in [1.807, 2.05) is 0 Å². The van der Waals surface area contributed by atoms with E-state index >= 15 is 0 Å². The van der Waals surface area contributed by atoms with E-state index in [0.717, 1.165) is 12.8 Å². The minimum absolute atomic E-state index is 0.00813. The molecule has 0 radical (unpaired) electrons. The van der Waals surface area contributed by atoms with Crippen molar-refractivity contribution in [3.8, 4) is 0 Å². The van der Waals surface area contributed by atoms with Crippen molar-refractivity contribution in [2.75, 3.05) is 13.2 Å². The van der Waals surface area contributed by atoms with E-state index in [2.05, 4.69) is 28.9 Å². The number of carbonyl (C=O) groups is 1. The largest absolute Gasteiger partial charge is 0.469 e. The van der Waals surface area contributed by atoms with Crippen LogP contribution in [0.3, 0.4) is 0 Å². The zero-order chi connectivity index (χ0) is 20.2. The molecule has 7 heteroatoms. The number of phosphoric ester groups is 1. The predicted molar refractivity (Wildman–Crippen MR) is 110 cm³/mol. The van der Waals surface area contributed by atoms with Gasteiger partial charge in [-0.05, 0) is 44.9 Å². The summed E-state index contributed by atoms with van der Waals surface area (Å²) in [5.74, 6) is 0.0527. The highest BCUT2D eigenvalue weighted by Crippen LogP contribution is 2.35. The molecule has 0 aliphatic carbocycles. The van der Waals surface area contributed by atoms with Crippen molar-refractivity contribution in [3.05, 3.63) is 12.2 Å². The van der Waals surface area contributed by atoms with Crippen LogP contribution in [0, 0.1) is 0 Å². The van der Waals surface area contributed by atoms with Crippen LogP contribution in [0.2, 0.25) is 0 Å². The Labute approximate surface area is 165 Å². The van der Waals surface area contributed by atoms with Gasteiger partial charge in [0.2, 0.25) is 5.91 Å². The van der Waals surface area contributed by atoms with Crippen LogP contribution >= 0.6 is 7.82 Å². The number of phosphoric acid groups is 1. The molecule has 0 spiro atoms. The first kappa shape index (κ1) is 26.3. The molecule has 0 rings (SSSR count). The minimum Gasteiger partial charge on any atom is -0.356 e. The Hall–Kier alpha value is -0.680. The van der Waals surface area contributed by atoms with Crippen LogP contribution < -0.4 is 5.32 Å². The molecule has 0 aliphatic heterocycles. The highest BCUT2D eigenvalue weighted by molar-refractivity contribution is 7.46. The summed E-state index contributed by atoms with van der Waals surface area (Å²) in [4.78, 5) is 28.7. The van der Waals surface area contributed by atoms with E-state index in [-0.39, 0.29) is 12.5 Å². The molecule has 27 heavy (non-hydrogen) atoms. The van der Waals surface area contributed by atoms with Crippen LogP contribution in [0.4, 0.5) is 0 Å². The maximum absolute atomic E-state index is 11.7. The molecule has 1 amide bonds. The molecule has 0 bridgehead atoms. The molecule has 0 aromatic heterocycles. The molecule has 3 N–H and O–H groups in total. The molecule has 6 nitrogen and oxygen atoms in total. The van der Waals surface area contributed by atoms with Crippen LogP contribution in [0.15, 0.2) is 12.2 Å². The van der Waals surface area contributed by atoms with Gasteiger partial charge in [-0.25, -0.2) is 4.57 Å². The monoisotopic (exact) mass is 405 g/mol. The second-order valence-electron chi connectivity index (χ2n) is 7.01. The van der Waals surface area contributed by atoms with Crippen LogP contribution in [-0.4, -0.2) is 28.8 Å². The quantitative estimate of drug-likeness (QED) is 0.155. The molecule has 0 unspecified atom stereocenters. The van der Waals surface area contributed by atoms with Crippen molar-refractivity contribution in [1.29, 1.82) is 0 Å². The Bertz CT molecular complexity index is 423. The summed E-state index contributed by atoms with van der Waals surface area (Å²) in [5, 5.41) is 2.83. The third-order valence-corrected chi connectivity index (χ3v) is 4.84. The third-order valence-electron chi connectivity index (χ3n) is 4.32. The van der Waals surface area contributed by atoms with E-state index in [4.69, 9.17) is 9.79 Å². The Morgan fingerprint density at radius 3 is 2.11 bits per heavy atom. The van der Waals surface area contributed by atoms with Gasteiger partial charge in [-0.3, -0.25) is 9.32 Å². The fraction of sp³-hybridized carbons (Fsp3) is 0.850. The van der Waals surface area contributed by atoms with Crippen molar-refractivity contribution in [1.82, 2.24) is 5.32 Å². The van der Waals surface area contributed by atoms with Crippen molar-refractivity contribution in [3.63, 3.8) is 0 Å². The molecule has 0 aromatic carbocycles. The lowest BCUT2D eigenvalue weighted by atomic mass is 10.1. The highest BCUT2D eigenvalue weighted by Gasteiger charge is 2.12. The van der Waals surface area contributed by atoms with Gasteiger partial charge in [-0.1, -0.05) is 57.6 Å². The minimum atomic E-state index is -4.36. The average molecular weight is 406 g/mol. The smallest absolute Gasteiger partial charge is 0.356 e. The summed E-state index contributed by atoms with van der Waals surface area (Å²) >= 11 is 0. The summed E-state index contributed by atoms with van der Waals surface area (Å²) in [6.07, 6.45) is 19.7. The third kappa shape index (κ3) is 23.3. The number of nitrogens with one attached hydrogen (secondary N) is 1. The highest BCUT2D eigenvalue weighted by atomic mass is 31.2. The van der Waals surface area contributed by atoms with Crippen molar-refractivity contribution < 1.29 is 23.7 Å². The summed E-state index contributed by atoms with van der Waals surface area (Å²) in [6, 6.07) is 0. The first-order chi connectivity index (χ1) is 13.0. The fourth-order valence-electron chi connectivity index (χ4n) is 2.73. The number of unbranched alkanes of at least 4 members (excludes halogenated alkanes) is 10. The van der Waals surface area contributed by atoms with Crippen molar-refractivity contribution in [2.24, 2.45) is 0 Å². The van der Waals surface area contributed by atoms with Crippen LogP contribution in [0.5, 0.6) is 0 Å². The molecule has 0 aromatic rings. The van der Waals surface area contributed by atoms with Gasteiger partial charge in [0.25, 0.3) is 0 Å². The molecule has 0 heterocycles. The van der Waals surface area contributed by atoms with Gasteiger partial charge < -0.3 is 15.1 Å². The molecule has 0 saturated heterocycles. The molecule has 0 saturated carbocycles. The number of carbonyl (C=O) groups excluding carboxylic acids is 1. The van der Waals surface area contributed by atoms with Crippen LogP contribution in [0.25, 0.3) is 0 Å². The second-order valence-corrected chi connectivity index (χ2v) is 8.25. The Balaban J connectivity index is 3.27. The predicted octanol–water partition coefficient (Wildman–Crippen LogP) is 5.25. The number of hydrogen-bond donors (Lipinski definition) is 3. The van der Waals surface area contributed by atoms with Crippen molar-refractivity contribution in [2.45, 2.75) is 96.8 Å². The van der Waals surface area contributed by atoms with E-state index < -0.39 is 7.82 Å². The second kappa shape index (κ2) is 18.7. The van der Waals surface area contributed by atoms with Gasteiger partial charge in [0.15, 0.2) is 0 Å². The normalized spacial score (nSPS) is 12.0. The molecule has 0 aliphatic rings. The summed E-state index contributed by atoms with van der Waals surface area (Å²) in [5.41, 5.74) is 0. The number of rotatable bonds is 19. The van der Waals surface area contributed by atoms with E-state index in [9.17, 15) is 9.36 Å². The SMILES string of the molecule is CCCCCC/C=C\CCCCCCCC(=O)NCCCCOP(=O)(O)O. The molecule has 0 fully saturated rings. The van der Waals surface area contributed by atoms with Crippen LogP contribution in [0.1, 0.15) is 96.8 Å². The van der Waals surface area contributed by atoms with Gasteiger partial charge in [0, 0.05) is 13.0 Å². The first-order valence-electron chi connectivity index (χ1n) is 10.6. The van der Waals surface area contributed by atoms with Gasteiger partial charge in [-0.15, -0.1) is 0 Å². The zero-order valence-corrected chi connectivity index (χ0v) is 17.9. The maximum Gasteiger partial charge on any atom is 0.469 e. The average Bonchev–Trinajstić information content (AvgIpc) is 2.61. The standard InChI is InChI=1S/C20H40NO5P/c1-2-3-4-5-6-7-8-9-10-11-12-13-14-17-20(22)21-18-15-16-19-26-27(23,24)25/h7-8H,2-6,9-19H2,1H3,(H,21,22)(H2,23,24,25)/b8-7-. The molecular weight excluding hydrogens is 365 g/mol. The number of hydrogen-bond acceptors (Lipinski definition) is 3. The molecule has 0 atom stereocenters. The van der Waals surface area contributed by atoms with Gasteiger partial charge in [0.1, 0.15) is 0 Å². The molecular formula is C20H40NO5P. The van der Waals surface area contributed by atoms with Gasteiger partial charge >= 0.3 is 7.82 Å². The number of amides is 1. The van der Waals surface area contributed by atoms with E-state index in [1.165, 1.54) is 57.8 Å². The van der Waals surface area contributed by atoms with Crippen LogP contribution in [-0.2, 0) is 13.9 Å². The van der Waals surface area contributed by atoms with E-state index in [0.29, 0.717) is 25.8 Å². The number of allylic oxidation sites excluding steroid dienone is 2. The molecule has 160 valence electrons. The fourth-order valence-corrected chi connectivity index (χ4v) is 3.10. The maximum atomic E-state index is 11.7. The van der Waals surface area contributed by atoms with Gasteiger partial charge in [-0.2, -0.15) is 0 Å². The topological polar surface area (TPSA) is 95.9 Å².